The first-order valence-electron chi connectivity index (χ1n) is 9.09. The third kappa shape index (κ3) is 3.62. The third-order valence-corrected chi connectivity index (χ3v) is 4.75. The Labute approximate surface area is 154 Å². The SMILES string of the molecule is C=C(/C=C(\C=CCC)c1cc2c([nH]1)CCCC2=O)c1c(C)cccc1F. The summed E-state index contributed by atoms with van der Waals surface area (Å²) in [6.07, 6.45) is 9.21. The number of benzene rings is 1. The number of aryl methyl sites for hydroxylation is 2. The number of rotatable bonds is 5. The summed E-state index contributed by atoms with van der Waals surface area (Å²) in [6, 6.07) is 6.96. The van der Waals surface area contributed by atoms with E-state index in [-0.39, 0.29) is 11.6 Å². The number of hydrogen-bond donors (Lipinski definition) is 1. The van der Waals surface area contributed by atoms with Crippen molar-refractivity contribution in [1.29, 1.82) is 0 Å². The van der Waals surface area contributed by atoms with Gasteiger partial charge in [0.15, 0.2) is 5.78 Å². The van der Waals surface area contributed by atoms with Crippen LogP contribution in [0.25, 0.3) is 11.1 Å². The summed E-state index contributed by atoms with van der Waals surface area (Å²) >= 11 is 0. The summed E-state index contributed by atoms with van der Waals surface area (Å²) < 4.78 is 14.3. The molecule has 2 aromatic rings. The van der Waals surface area contributed by atoms with Gasteiger partial charge < -0.3 is 4.98 Å². The van der Waals surface area contributed by atoms with Crippen molar-refractivity contribution in [3.05, 3.63) is 83.0 Å². The van der Waals surface area contributed by atoms with Crippen molar-refractivity contribution in [2.75, 3.05) is 0 Å². The molecule has 0 saturated heterocycles. The maximum absolute atomic E-state index is 14.3. The number of aromatic amines is 1. The van der Waals surface area contributed by atoms with Crippen LogP contribution in [0.4, 0.5) is 4.39 Å². The zero-order chi connectivity index (χ0) is 18.7. The van der Waals surface area contributed by atoms with Crippen molar-refractivity contribution in [2.24, 2.45) is 0 Å². The highest BCUT2D eigenvalue weighted by atomic mass is 19.1. The van der Waals surface area contributed by atoms with E-state index < -0.39 is 0 Å². The van der Waals surface area contributed by atoms with E-state index >= 15 is 0 Å². The van der Waals surface area contributed by atoms with E-state index in [1.165, 1.54) is 6.07 Å². The maximum Gasteiger partial charge on any atom is 0.164 e. The average Bonchev–Trinajstić information content (AvgIpc) is 3.04. The molecule has 0 amide bonds. The predicted octanol–water partition coefficient (Wildman–Crippen LogP) is 6.04. The minimum atomic E-state index is -0.272. The van der Waals surface area contributed by atoms with Crippen LogP contribution in [0, 0.1) is 12.7 Å². The van der Waals surface area contributed by atoms with Gasteiger partial charge in [0.2, 0.25) is 0 Å². The highest BCUT2D eigenvalue weighted by Gasteiger charge is 2.20. The fourth-order valence-corrected chi connectivity index (χ4v) is 3.42. The van der Waals surface area contributed by atoms with Crippen LogP contribution in [-0.2, 0) is 6.42 Å². The second-order valence-corrected chi connectivity index (χ2v) is 6.72. The second-order valence-electron chi connectivity index (χ2n) is 6.72. The van der Waals surface area contributed by atoms with Crippen molar-refractivity contribution in [1.82, 2.24) is 4.98 Å². The lowest BCUT2D eigenvalue weighted by atomic mass is 9.96. The van der Waals surface area contributed by atoms with Crippen molar-refractivity contribution < 1.29 is 9.18 Å². The zero-order valence-electron chi connectivity index (χ0n) is 15.4. The summed E-state index contributed by atoms with van der Waals surface area (Å²) in [5.74, 6) is -0.0811. The molecule has 134 valence electrons. The van der Waals surface area contributed by atoms with Crippen LogP contribution in [0.5, 0.6) is 0 Å². The quantitative estimate of drug-likeness (QED) is 0.655. The average molecular weight is 349 g/mol. The molecule has 0 spiro atoms. The predicted molar refractivity (Wildman–Crippen MR) is 106 cm³/mol. The monoisotopic (exact) mass is 349 g/mol. The highest BCUT2D eigenvalue weighted by Crippen LogP contribution is 2.29. The van der Waals surface area contributed by atoms with E-state index in [4.69, 9.17) is 0 Å². The molecule has 2 nitrogen and oxygen atoms in total. The van der Waals surface area contributed by atoms with Gasteiger partial charge >= 0.3 is 0 Å². The molecule has 1 aliphatic carbocycles. The molecule has 3 heteroatoms. The highest BCUT2D eigenvalue weighted by molar-refractivity contribution is 5.99. The molecule has 0 bridgehead atoms. The van der Waals surface area contributed by atoms with E-state index in [0.717, 1.165) is 47.4 Å². The van der Waals surface area contributed by atoms with Crippen LogP contribution in [0.1, 0.15) is 59.1 Å². The van der Waals surface area contributed by atoms with Gasteiger partial charge in [-0.3, -0.25) is 4.79 Å². The Hall–Kier alpha value is -2.68. The Morgan fingerprint density at radius 2 is 2.15 bits per heavy atom. The third-order valence-electron chi connectivity index (χ3n) is 4.75. The smallest absolute Gasteiger partial charge is 0.164 e. The molecule has 1 aromatic carbocycles. The van der Waals surface area contributed by atoms with Gasteiger partial charge in [0, 0.05) is 28.9 Å². The van der Waals surface area contributed by atoms with Gasteiger partial charge in [-0.1, -0.05) is 37.8 Å². The summed E-state index contributed by atoms with van der Waals surface area (Å²) in [6.45, 7) is 8.03. The van der Waals surface area contributed by atoms with Crippen LogP contribution in [-0.4, -0.2) is 10.8 Å². The van der Waals surface area contributed by atoms with E-state index in [2.05, 4.69) is 24.6 Å². The number of nitrogens with one attached hydrogen (secondary N) is 1. The Morgan fingerprint density at radius 3 is 2.85 bits per heavy atom. The molecule has 3 rings (SSSR count). The van der Waals surface area contributed by atoms with Gasteiger partial charge in [-0.25, -0.2) is 4.39 Å². The number of carbonyl (C=O) groups is 1. The van der Waals surface area contributed by atoms with Gasteiger partial charge in [0.25, 0.3) is 0 Å². The van der Waals surface area contributed by atoms with Crippen LogP contribution >= 0.6 is 0 Å². The molecular formula is C23H24FNO. The van der Waals surface area contributed by atoms with Gasteiger partial charge in [-0.2, -0.15) is 0 Å². The lowest BCUT2D eigenvalue weighted by Gasteiger charge is -2.09. The molecule has 1 heterocycles. The van der Waals surface area contributed by atoms with Crippen LogP contribution in [0.3, 0.4) is 0 Å². The largest absolute Gasteiger partial charge is 0.358 e. The molecule has 0 fully saturated rings. The van der Waals surface area contributed by atoms with E-state index in [1.54, 1.807) is 6.07 Å². The van der Waals surface area contributed by atoms with Crippen LogP contribution < -0.4 is 0 Å². The number of H-pyrrole nitrogens is 1. The molecule has 0 saturated carbocycles. The summed E-state index contributed by atoms with van der Waals surface area (Å²) in [4.78, 5) is 15.5. The van der Waals surface area contributed by atoms with Crippen molar-refractivity contribution in [3.8, 4) is 0 Å². The first-order valence-corrected chi connectivity index (χ1v) is 9.09. The Bertz CT molecular complexity index is 894. The fraction of sp³-hybridized carbons (Fsp3) is 0.261. The first kappa shape index (κ1) is 18.1. The van der Waals surface area contributed by atoms with E-state index in [1.807, 2.05) is 31.2 Å². The molecule has 1 aromatic heterocycles. The van der Waals surface area contributed by atoms with E-state index in [0.29, 0.717) is 17.6 Å². The topological polar surface area (TPSA) is 32.9 Å². The number of carbonyl (C=O) groups excluding carboxylic acids is 1. The van der Waals surface area contributed by atoms with Gasteiger partial charge in [0.05, 0.1) is 0 Å². The molecule has 0 unspecified atom stereocenters. The van der Waals surface area contributed by atoms with Crippen molar-refractivity contribution >= 4 is 16.9 Å². The van der Waals surface area contributed by atoms with Gasteiger partial charge in [-0.05, 0) is 61.1 Å². The second kappa shape index (κ2) is 7.69. The van der Waals surface area contributed by atoms with Crippen LogP contribution in [0.15, 0.2) is 49.1 Å². The number of allylic oxidation sites excluding steroid dienone is 5. The standard InChI is InChI=1S/C23H24FNO/c1-4-5-9-17(13-16(3)23-15(2)8-6-10-19(23)24)21-14-18-20(25-21)11-7-12-22(18)26/h5-6,8-10,13-14,25H,3-4,7,11-12H2,1-2H3/b9-5?,17-13+. The summed E-state index contributed by atoms with van der Waals surface area (Å²) in [5, 5.41) is 0. The maximum atomic E-state index is 14.3. The lowest BCUT2D eigenvalue weighted by molar-refractivity contribution is 0.0972. The number of Topliss-reactive ketones (excluding diaryl/α,β-unsaturated/α-hetero) is 1. The molecule has 0 aliphatic heterocycles. The van der Waals surface area contributed by atoms with Crippen molar-refractivity contribution in [2.45, 2.75) is 39.5 Å². The zero-order valence-corrected chi connectivity index (χ0v) is 15.4. The van der Waals surface area contributed by atoms with Gasteiger partial charge in [-0.15, -0.1) is 0 Å². The van der Waals surface area contributed by atoms with Gasteiger partial charge in [0.1, 0.15) is 5.82 Å². The number of fused-ring (bicyclic) bond motifs is 1. The minimum absolute atomic E-state index is 0.191. The summed E-state index contributed by atoms with van der Waals surface area (Å²) in [7, 11) is 0. The molecular weight excluding hydrogens is 325 g/mol. The van der Waals surface area contributed by atoms with Crippen LogP contribution in [0.2, 0.25) is 0 Å². The molecule has 26 heavy (non-hydrogen) atoms. The first-order chi connectivity index (χ1) is 12.5. The van der Waals surface area contributed by atoms with E-state index in [9.17, 15) is 9.18 Å². The molecule has 1 aliphatic rings. The Kier molecular flexibility index (Phi) is 5.36. The normalized spacial score (nSPS) is 14.7. The molecule has 0 atom stereocenters. The Balaban J connectivity index is 2.04. The number of hydrogen-bond acceptors (Lipinski definition) is 1. The minimum Gasteiger partial charge on any atom is -0.358 e. The van der Waals surface area contributed by atoms with Crippen molar-refractivity contribution in [3.63, 3.8) is 0 Å². The number of halogens is 1. The molecule has 0 radical (unpaired) electrons. The molecule has 1 N–H and O–H groups in total. The lowest BCUT2D eigenvalue weighted by Crippen LogP contribution is -2.08. The number of aromatic nitrogens is 1. The fourth-order valence-electron chi connectivity index (χ4n) is 3.42. The summed E-state index contributed by atoms with van der Waals surface area (Å²) in [5.41, 5.74) is 5.57. The Morgan fingerprint density at radius 1 is 1.35 bits per heavy atom. The number of ketones is 1.